The van der Waals surface area contributed by atoms with Crippen LogP contribution in [-0.4, -0.2) is 17.6 Å². The van der Waals surface area contributed by atoms with Gasteiger partial charge in [-0.05, 0) is 61.9 Å². The van der Waals surface area contributed by atoms with Gasteiger partial charge in [-0.3, -0.25) is 4.79 Å². The van der Waals surface area contributed by atoms with Gasteiger partial charge in [-0.1, -0.05) is 35.3 Å². The van der Waals surface area contributed by atoms with Crippen LogP contribution in [0.5, 0.6) is 5.75 Å². The average Bonchev–Trinajstić information content (AvgIpc) is 2.99. The summed E-state index contributed by atoms with van der Waals surface area (Å²) in [6.45, 7) is 3.83. The van der Waals surface area contributed by atoms with Gasteiger partial charge in [0.1, 0.15) is 17.4 Å². The van der Waals surface area contributed by atoms with Gasteiger partial charge in [0.25, 0.3) is 5.91 Å². The molecule has 0 bridgehead atoms. The number of aryl methyl sites for hydroxylation is 1. The topological polar surface area (TPSA) is 67.0 Å². The molecule has 1 aromatic heterocycles. The molecule has 3 rings (SSSR count). The molecule has 152 valence electrons. The van der Waals surface area contributed by atoms with Crippen LogP contribution in [0.15, 0.2) is 54.1 Å². The van der Waals surface area contributed by atoms with Crippen molar-refractivity contribution in [1.29, 1.82) is 5.26 Å². The standard InChI is InChI=1S/C23H19Cl2N3O2/c1-14-10-16(15(2)28(14)21-9-8-18(24)12-19(21)25)11-17(13-26)23(29)27-20-6-4-5-7-22(20)30-3/h4-12H,1-3H3,(H,27,29). The molecule has 3 aromatic rings. The van der Waals surface area contributed by atoms with Gasteiger partial charge < -0.3 is 14.6 Å². The minimum absolute atomic E-state index is 0.0247. The van der Waals surface area contributed by atoms with E-state index in [2.05, 4.69) is 5.32 Å². The molecule has 1 heterocycles. The number of nitrogens with one attached hydrogen (secondary N) is 1. The monoisotopic (exact) mass is 439 g/mol. The number of para-hydroxylation sites is 2. The smallest absolute Gasteiger partial charge is 0.266 e. The molecular weight excluding hydrogens is 421 g/mol. The number of benzene rings is 2. The highest BCUT2D eigenvalue weighted by molar-refractivity contribution is 6.35. The molecule has 30 heavy (non-hydrogen) atoms. The number of amides is 1. The van der Waals surface area contributed by atoms with E-state index in [1.807, 2.05) is 36.6 Å². The van der Waals surface area contributed by atoms with Crippen LogP contribution in [0.25, 0.3) is 11.8 Å². The first-order valence-electron chi connectivity index (χ1n) is 9.06. The Labute approximate surface area is 185 Å². The van der Waals surface area contributed by atoms with Crippen LogP contribution in [0.3, 0.4) is 0 Å². The van der Waals surface area contributed by atoms with E-state index in [0.717, 1.165) is 22.6 Å². The van der Waals surface area contributed by atoms with E-state index in [9.17, 15) is 10.1 Å². The lowest BCUT2D eigenvalue weighted by atomic mass is 10.1. The minimum Gasteiger partial charge on any atom is -0.495 e. The zero-order chi connectivity index (χ0) is 21.8. The second-order valence-electron chi connectivity index (χ2n) is 6.58. The zero-order valence-corrected chi connectivity index (χ0v) is 18.2. The van der Waals surface area contributed by atoms with E-state index in [-0.39, 0.29) is 5.57 Å². The number of ether oxygens (including phenoxy) is 1. The zero-order valence-electron chi connectivity index (χ0n) is 16.7. The van der Waals surface area contributed by atoms with Crippen molar-refractivity contribution >= 4 is 40.9 Å². The number of rotatable bonds is 5. The lowest BCUT2D eigenvalue weighted by molar-refractivity contribution is -0.112. The molecule has 2 aromatic carbocycles. The number of carbonyl (C=O) groups excluding carboxylic acids is 1. The number of aromatic nitrogens is 1. The predicted octanol–water partition coefficient (Wildman–Crippen LogP) is 5.96. The second kappa shape index (κ2) is 9.08. The summed E-state index contributed by atoms with van der Waals surface area (Å²) < 4.78 is 7.20. The number of anilines is 1. The molecule has 0 saturated heterocycles. The SMILES string of the molecule is COc1ccccc1NC(=O)C(C#N)=Cc1cc(C)n(-c2ccc(Cl)cc2Cl)c1C. The summed E-state index contributed by atoms with van der Waals surface area (Å²) in [6.07, 6.45) is 1.56. The molecule has 5 nitrogen and oxygen atoms in total. The Morgan fingerprint density at radius 2 is 1.90 bits per heavy atom. The summed E-state index contributed by atoms with van der Waals surface area (Å²) in [5, 5.41) is 13.3. The van der Waals surface area contributed by atoms with Gasteiger partial charge >= 0.3 is 0 Å². The number of nitrogens with zero attached hydrogens (tertiary/aromatic N) is 2. The molecule has 1 N–H and O–H groups in total. The first kappa shape index (κ1) is 21.5. The fraction of sp³-hybridized carbons (Fsp3) is 0.130. The number of halogens is 2. The highest BCUT2D eigenvalue weighted by Gasteiger charge is 2.16. The Kier molecular flexibility index (Phi) is 6.51. The van der Waals surface area contributed by atoms with Gasteiger partial charge in [-0.2, -0.15) is 5.26 Å². The molecule has 0 atom stereocenters. The van der Waals surface area contributed by atoms with Crippen LogP contribution >= 0.6 is 23.2 Å². The summed E-state index contributed by atoms with van der Waals surface area (Å²) in [5.41, 5.74) is 3.73. The van der Waals surface area contributed by atoms with Gasteiger partial charge in [-0.15, -0.1) is 0 Å². The van der Waals surface area contributed by atoms with Gasteiger partial charge in [0.05, 0.1) is 23.5 Å². The van der Waals surface area contributed by atoms with Gasteiger partial charge in [0.2, 0.25) is 0 Å². The second-order valence-corrected chi connectivity index (χ2v) is 7.43. The van der Waals surface area contributed by atoms with E-state index >= 15 is 0 Å². The molecule has 0 aliphatic rings. The van der Waals surface area contributed by atoms with Crippen molar-refractivity contribution in [1.82, 2.24) is 4.57 Å². The number of carbonyl (C=O) groups is 1. The van der Waals surface area contributed by atoms with Gasteiger partial charge in [-0.25, -0.2) is 0 Å². The Morgan fingerprint density at radius 1 is 1.17 bits per heavy atom. The Morgan fingerprint density at radius 3 is 2.57 bits per heavy atom. The van der Waals surface area contributed by atoms with E-state index < -0.39 is 5.91 Å². The van der Waals surface area contributed by atoms with Crippen molar-refractivity contribution in [2.24, 2.45) is 0 Å². The predicted molar refractivity (Wildman–Crippen MR) is 120 cm³/mol. The molecule has 0 aliphatic heterocycles. The summed E-state index contributed by atoms with van der Waals surface area (Å²) >= 11 is 12.4. The van der Waals surface area contributed by atoms with Crippen LogP contribution in [0.4, 0.5) is 5.69 Å². The number of methoxy groups -OCH3 is 1. The van der Waals surface area contributed by atoms with Crippen molar-refractivity contribution in [2.45, 2.75) is 13.8 Å². The van der Waals surface area contributed by atoms with Crippen molar-refractivity contribution < 1.29 is 9.53 Å². The maximum atomic E-state index is 12.7. The molecule has 0 spiro atoms. The third-order valence-corrected chi connectivity index (χ3v) is 5.18. The van der Waals surface area contributed by atoms with Crippen molar-refractivity contribution in [2.75, 3.05) is 12.4 Å². The summed E-state index contributed by atoms with van der Waals surface area (Å²) in [6, 6.07) is 16.2. The maximum absolute atomic E-state index is 12.7. The van der Waals surface area contributed by atoms with Gasteiger partial charge in [0, 0.05) is 16.4 Å². The fourth-order valence-electron chi connectivity index (χ4n) is 3.21. The minimum atomic E-state index is -0.517. The van der Waals surface area contributed by atoms with Crippen molar-refractivity contribution in [3.8, 4) is 17.5 Å². The first-order valence-corrected chi connectivity index (χ1v) is 9.81. The lowest BCUT2D eigenvalue weighted by Crippen LogP contribution is -2.14. The Hall–Kier alpha value is -3.20. The van der Waals surface area contributed by atoms with E-state index in [1.165, 1.54) is 7.11 Å². The molecule has 0 aliphatic carbocycles. The molecule has 0 unspecified atom stereocenters. The van der Waals surface area contributed by atoms with Crippen LogP contribution < -0.4 is 10.1 Å². The maximum Gasteiger partial charge on any atom is 0.266 e. The molecule has 0 saturated carbocycles. The van der Waals surface area contributed by atoms with Crippen LogP contribution in [-0.2, 0) is 4.79 Å². The number of nitriles is 1. The highest BCUT2D eigenvalue weighted by atomic mass is 35.5. The molecule has 0 fully saturated rings. The summed E-state index contributed by atoms with van der Waals surface area (Å²) in [4.78, 5) is 12.7. The summed E-state index contributed by atoms with van der Waals surface area (Å²) in [5.74, 6) is -0.00461. The quantitative estimate of drug-likeness (QED) is 0.394. The molecule has 7 heteroatoms. The van der Waals surface area contributed by atoms with E-state index in [1.54, 1.807) is 42.5 Å². The van der Waals surface area contributed by atoms with Crippen LogP contribution in [0.1, 0.15) is 17.0 Å². The van der Waals surface area contributed by atoms with E-state index in [4.69, 9.17) is 27.9 Å². The number of hydrogen-bond acceptors (Lipinski definition) is 3. The Balaban J connectivity index is 1.97. The van der Waals surface area contributed by atoms with Crippen molar-refractivity contribution in [3.05, 3.63) is 81.1 Å². The highest BCUT2D eigenvalue weighted by Crippen LogP contribution is 2.30. The van der Waals surface area contributed by atoms with Crippen LogP contribution in [0, 0.1) is 25.2 Å². The molecular formula is C23H19Cl2N3O2. The molecule has 1 amide bonds. The first-order chi connectivity index (χ1) is 14.3. The normalized spacial score (nSPS) is 11.1. The fourth-order valence-corrected chi connectivity index (χ4v) is 3.70. The third-order valence-electron chi connectivity index (χ3n) is 4.64. The molecule has 0 radical (unpaired) electrons. The van der Waals surface area contributed by atoms with Crippen molar-refractivity contribution in [3.63, 3.8) is 0 Å². The largest absolute Gasteiger partial charge is 0.495 e. The summed E-state index contributed by atoms with van der Waals surface area (Å²) in [7, 11) is 1.52. The average molecular weight is 440 g/mol. The third kappa shape index (κ3) is 4.35. The van der Waals surface area contributed by atoms with Gasteiger partial charge in [0.15, 0.2) is 0 Å². The Bertz CT molecular complexity index is 1190. The lowest BCUT2D eigenvalue weighted by Gasteiger charge is -2.12. The van der Waals surface area contributed by atoms with E-state index in [0.29, 0.717) is 21.5 Å². The van der Waals surface area contributed by atoms with Crippen LogP contribution in [0.2, 0.25) is 10.0 Å². The number of hydrogen-bond donors (Lipinski definition) is 1.